The average molecular weight is 143 g/mol. The Hall–Kier alpha value is -0.0800. The SMILES string of the molecule is CCNC1CCCC1OC. The lowest BCUT2D eigenvalue weighted by Gasteiger charge is -2.18. The van der Waals surface area contributed by atoms with Crippen molar-refractivity contribution in [2.75, 3.05) is 13.7 Å². The van der Waals surface area contributed by atoms with Gasteiger partial charge >= 0.3 is 0 Å². The summed E-state index contributed by atoms with van der Waals surface area (Å²) in [5, 5.41) is 3.42. The highest BCUT2D eigenvalue weighted by Gasteiger charge is 2.25. The number of rotatable bonds is 3. The van der Waals surface area contributed by atoms with Crippen LogP contribution in [0.2, 0.25) is 0 Å². The molecule has 1 saturated carbocycles. The van der Waals surface area contributed by atoms with Crippen LogP contribution in [-0.4, -0.2) is 25.8 Å². The standard InChI is InChI=1S/C8H17NO/c1-3-9-7-5-4-6-8(7)10-2/h7-9H,3-6H2,1-2H3. The van der Waals surface area contributed by atoms with Crippen molar-refractivity contribution < 1.29 is 4.74 Å². The van der Waals surface area contributed by atoms with Gasteiger partial charge in [-0.25, -0.2) is 0 Å². The molecule has 2 unspecified atom stereocenters. The third-order valence-electron chi connectivity index (χ3n) is 2.22. The Labute approximate surface area is 63.0 Å². The first-order valence-corrected chi connectivity index (χ1v) is 4.14. The molecule has 0 heterocycles. The van der Waals surface area contributed by atoms with Crippen LogP contribution in [0.5, 0.6) is 0 Å². The monoisotopic (exact) mass is 143 g/mol. The first-order chi connectivity index (χ1) is 4.88. The minimum Gasteiger partial charge on any atom is -0.380 e. The highest BCUT2D eigenvalue weighted by atomic mass is 16.5. The third-order valence-corrected chi connectivity index (χ3v) is 2.22. The fourth-order valence-corrected chi connectivity index (χ4v) is 1.70. The van der Waals surface area contributed by atoms with Crippen molar-refractivity contribution in [1.29, 1.82) is 0 Å². The maximum Gasteiger partial charge on any atom is 0.0724 e. The number of hydrogen-bond donors (Lipinski definition) is 1. The minimum atomic E-state index is 0.472. The van der Waals surface area contributed by atoms with Gasteiger partial charge in [-0.1, -0.05) is 6.92 Å². The number of hydrogen-bond acceptors (Lipinski definition) is 2. The quantitative estimate of drug-likeness (QED) is 0.640. The Morgan fingerprint density at radius 3 is 2.90 bits per heavy atom. The molecule has 2 nitrogen and oxygen atoms in total. The molecule has 1 N–H and O–H groups in total. The van der Waals surface area contributed by atoms with Gasteiger partial charge in [-0.05, 0) is 25.8 Å². The second-order valence-corrected chi connectivity index (χ2v) is 2.87. The molecule has 0 saturated heterocycles. The highest BCUT2D eigenvalue weighted by Crippen LogP contribution is 2.20. The molecule has 0 spiro atoms. The maximum absolute atomic E-state index is 5.31. The van der Waals surface area contributed by atoms with Gasteiger partial charge in [-0.3, -0.25) is 0 Å². The molecule has 0 radical (unpaired) electrons. The van der Waals surface area contributed by atoms with Crippen LogP contribution in [-0.2, 0) is 4.74 Å². The molecular formula is C8H17NO. The van der Waals surface area contributed by atoms with E-state index in [0.29, 0.717) is 12.1 Å². The summed E-state index contributed by atoms with van der Waals surface area (Å²) in [5.74, 6) is 0. The molecule has 1 fully saturated rings. The lowest BCUT2D eigenvalue weighted by atomic mass is 10.2. The predicted molar refractivity (Wildman–Crippen MR) is 42.1 cm³/mol. The summed E-state index contributed by atoms with van der Waals surface area (Å²) in [6.07, 6.45) is 4.30. The van der Waals surface area contributed by atoms with Crippen LogP contribution < -0.4 is 5.32 Å². The van der Waals surface area contributed by atoms with Crippen molar-refractivity contribution in [2.45, 2.75) is 38.3 Å². The van der Waals surface area contributed by atoms with Gasteiger partial charge in [0, 0.05) is 13.2 Å². The molecule has 1 rings (SSSR count). The summed E-state index contributed by atoms with van der Waals surface area (Å²) in [6, 6.07) is 0.620. The van der Waals surface area contributed by atoms with Crippen molar-refractivity contribution >= 4 is 0 Å². The molecular weight excluding hydrogens is 126 g/mol. The molecule has 0 aromatic heterocycles. The van der Waals surface area contributed by atoms with Gasteiger partial charge in [0.2, 0.25) is 0 Å². The van der Waals surface area contributed by atoms with E-state index in [1.165, 1.54) is 19.3 Å². The number of ether oxygens (including phenoxy) is 1. The second kappa shape index (κ2) is 3.94. The first kappa shape index (κ1) is 8.02. The van der Waals surface area contributed by atoms with E-state index in [0.717, 1.165) is 6.54 Å². The molecule has 0 amide bonds. The minimum absolute atomic E-state index is 0.472. The zero-order valence-corrected chi connectivity index (χ0v) is 6.89. The van der Waals surface area contributed by atoms with Gasteiger partial charge in [-0.15, -0.1) is 0 Å². The lowest BCUT2D eigenvalue weighted by Crippen LogP contribution is -2.36. The highest BCUT2D eigenvalue weighted by molar-refractivity contribution is 4.83. The van der Waals surface area contributed by atoms with Crippen molar-refractivity contribution in [1.82, 2.24) is 5.32 Å². The van der Waals surface area contributed by atoms with E-state index in [4.69, 9.17) is 4.74 Å². The fourth-order valence-electron chi connectivity index (χ4n) is 1.70. The third kappa shape index (κ3) is 1.70. The van der Waals surface area contributed by atoms with Crippen LogP contribution in [0.15, 0.2) is 0 Å². The number of nitrogens with one attached hydrogen (secondary N) is 1. The van der Waals surface area contributed by atoms with Crippen LogP contribution >= 0.6 is 0 Å². The fraction of sp³-hybridized carbons (Fsp3) is 1.00. The molecule has 2 atom stereocenters. The van der Waals surface area contributed by atoms with E-state index >= 15 is 0 Å². The smallest absolute Gasteiger partial charge is 0.0724 e. The summed E-state index contributed by atoms with van der Waals surface area (Å²) in [7, 11) is 1.81. The molecule has 10 heavy (non-hydrogen) atoms. The summed E-state index contributed by atoms with van der Waals surface area (Å²) in [6.45, 7) is 3.20. The van der Waals surface area contributed by atoms with E-state index < -0.39 is 0 Å². The Bertz CT molecular complexity index is 95.3. The van der Waals surface area contributed by atoms with Crippen molar-refractivity contribution in [2.24, 2.45) is 0 Å². The largest absolute Gasteiger partial charge is 0.380 e. The van der Waals surface area contributed by atoms with Crippen LogP contribution in [0.25, 0.3) is 0 Å². The Kier molecular flexibility index (Phi) is 3.16. The van der Waals surface area contributed by atoms with Gasteiger partial charge in [0.25, 0.3) is 0 Å². The maximum atomic E-state index is 5.31. The Balaban J connectivity index is 2.27. The molecule has 2 heteroatoms. The van der Waals surface area contributed by atoms with E-state index in [-0.39, 0.29) is 0 Å². The summed E-state index contributed by atoms with van der Waals surface area (Å²) in [4.78, 5) is 0. The molecule has 60 valence electrons. The Morgan fingerprint density at radius 1 is 1.50 bits per heavy atom. The number of methoxy groups -OCH3 is 1. The van der Waals surface area contributed by atoms with Gasteiger partial charge in [0.1, 0.15) is 0 Å². The summed E-state index contributed by atoms with van der Waals surface area (Å²) in [5.41, 5.74) is 0. The van der Waals surface area contributed by atoms with E-state index in [9.17, 15) is 0 Å². The van der Waals surface area contributed by atoms with Gasteiger partial charge in [0.15, 0.2) is 0 Å². The second-order valence-electron chi connectivity index (χ2n) is 2.87. The molecule has 0 aliphatic heterocycles. The van der Waals surface area contributed by atoms with Crippen LogP contribution in [0.3, 0.4) is 0 Å². The Morgan fingerprint density at radius 2 is 2.30 bits per heavy atom. The van der Waals surface area contributed by atoms with Crippen molar-refractivity contribution in [3.05, 3.63) is 0 Å². The number of likely N-dealkylation sites (N-methyl/N-ethyl adjacent to an activating group) is 1. The zero-order chi connectivity index (χ0) is 7.40. The molecule has 0 aromatic rings. The van der Waals surface area contributed by atoms with E-state index in [1.807, 2.05) is 0 Å². The zero-order valence-electron chi connectivity index (χ0n) is 6.89. The van der Waals surface area contributed by atoms with Crippen LogP contribution in [0.1, 0.15) is 26.2 Å². The van der Waals surface area contributed by atoms with E-state index in [2.05, 4.69) is 12.2 Å². The molecule has 1 aliphatic carbocycles. The summed E-state index contributed by atoms with van der Waals surface area (Å²) >= 11 is 0. The molecule has 1 aliphatic rings. The predicted octanol–water partition coefficient (Wildman–Crippen LogP) is 1.16. The lowest BCUT2D eigenvalue weighted by molar-refractivity contribution is 0.0858. The first-order valence-electron chi connectivity index (χ1n) is 4.14. The normalized spacial score (nSPS) is 33.0. The van der Waals surface area contributed by atoms with Crippen LogP contribution in [0, 0.1) is 0 Å². The van der Waals surface area contributed by atoms with Crippen molar-refractivity contribution in [3.63, 3.8) is 0 Å². The van der Waals surface area contributed by atoms with Gasteiger partial charge in [-0.2, -0.15) is 0 Å². The molecule has 0 bridgehead atoms. The molecule has 0 aromatic carbocycles. The van der Waals surface area contributed by atoms with Crippen LogP contribution in [0.4, 0.5) is 0 Å². The average Bonchev–Trinajstić information content (AvgIpc) is 2.36. The van der Waals surface area contributed by atoms with Gasteiger partial charge in [0.05, 0.1) is 6.10 Å². The van der Waals surface area contributed by atoms with Gasteiger partial charge < -0.3 is 10.1 Å². The van der Waals surface area contributed by atoms with E-state index in [1.54, 1.807) is 7.11 Å². The van der Waals surface area contributed by atoms with Crippen molar-refractivity contribution in [3.8, 4) is 0 Å². The topological polar surface area (TPSA) is 21.3 Å². The summed E-state index contributed by atoms with van der Waals surface area (Å²) < 4.78 is 5.31.